The molecular weight excluding hydrogens is 396 g/mol. The lowest BCUT2D eigenvalue weighted by atomic mass is 10.1. The Morgan fingerprint density at radius 1 is 1.16 bits per heavy atom. The molecule has 0 aliphatic heterocycles. The Morgan fingerprint density at radius 2 is 1.84 bits per heavy atom. The van der Waals surface area contributed by atoms with E-state index in [0.717, 1.165) is 14.8 Å². The van der Waals surface area contributed by atoms with E-state index in [9.17, 15) is 4.79 Å². The lowest BCUT2D eigenvalue weighted by molar-refractivity contribution is 0.102. The van der Waals surface area contributed by atoms with Crippen LogP contribution in [0.5, 0.6) is 0 Å². The van der Waals surface area contributed by atoms with E-state index < -0.39 is 0 Å². The Morgan fingerprint density at radius 3 is 2.58 bits per heavy atom. The van der Waals surface area contributed by atoms with E-state index >= 15 is 0 Å². The van der Waals surface area contributed by atoms with Gasteiger partial charge in [-0.15, -0.1) is 0 Å². The summed E-state index contributed by atoms with van der Waals surface area (Å²) in [5, 5.41) is 3.49. The topological polar surface area (TPSA) is 29.1 Å². The van der Waals surface area contributed by atoms with Crippen molar-refractivity contribution in [3.05, 3.63) is 61.1 Å². The molecule has 0 bridgehead atoms. The van der Waals surface area contributed by atoms with Crippen molar-refractivity contribution in [2.45, 2.75) is 6.92 Å². The molecule has 98 valence electrons. The number of benzene rings is 2. The summed E-state index contributed by atoms with van der Waals surface area (Å²) in [6.45, 7) is 1.96. The normalized spacial score (nSPS) is 10.3. The second-order valence-electron chi connectivity index (χ2n) is 3.97. The minimum absolute atomic E-state index is 0.266. The summed E-state index contributed by atoms with van der Waals surface area (Å²) in [5.41, 5.74) is 2.16. The van der Waals surface area contributed by atoms with Crippen LogP contribution in [0.4, 0.5) is 5.69 Å². The number of anilines is 1. The molecule has 2 nitrogen and oxygen atoms in total. The summed E-state index contributed by atoms with van der Waals surface area (Å²) in [6.07, 6.45) is 0. The van der Waals surface area contributed by atoms with Gasteiger partial charge in [-0.05, 0) is 59.3 Å². The van der Waals surface area contributed by atoms with Crippen molar-refractivity contribution >= 4 is 57.4 Å². The first kappa shape index (κ1) is 14.6. The van der Waals surface area contributed by atoms with Crippen molar-refractivity contribution < 1.29 is 4.79 Å². The van der Waals surface area contributed by atoms with Crippen molar-refractivity contribution in [1.29, 1.82) is 0 Å². The summed E-state index contributed by atoms with van der Waals surface area (Å²) in [7, 11) is 0. The molecule has 0 aromatic heterocycles. The molecule has 0 heterocycles. The minimum atomic E-state index is -0.266. The first-order chi connectivity index (χ1) is 9.00. The smallest absolute Gasteiger partial charge is 0.257 e. The van der Waals surface area contributed by atoms with E-state index in [-0.39, 0.29) is 10.9 Å². The van der Waals surface area contributed by atoms with E-state index in [1.165, 1.54) is 0 Å². The average Bonchev–Trinajstić information content (AvgIpc) is 2.38. The number of carbonyl (C=O) groups excluding carboxylic acids is 1. The minimum Gasteiger partial charge on any atom is -0.322 e. The summed E-state index contributed by atoms with van der Waals surface area (Å²) < 4.78 is 1.09. The van der Waals surface area contributed by atoms with Gasteiger partial charge in [-0.2, -0.15) is 0 Å². The fourth-order valence-corrected chi connectivity index (χ4v) is 2.50. The summed E-state index contributed by atoms with van der Waals surface area (Å²) >= 11 is 14.2. The molecule has 0 aliphatic rings. The number of nitrogens with one attached hydrogen (secondary N) is 1. The monoisotopic (exact) mass is 405 g/mol. The first-order valence-corrected chi connectivity index (χ1v) is 7.34. The van der Waals surface area contributed by atoms with Crippen LogP contribution in [-0.4, -0.2) is 5.91 Å². The summed E-state index contributed by atoms with van der Waals surface area (Å²) in [5.74, 6) is -0.266. The molecule has 1 N–H and O–H groups in total. The van der Waals surface area contributed by atoms with Crippen LogP contribution in [0.3, 0.4) is 0 Å². The van der Waals surface area contributed by atoms with Crippen molar-refractivity contribution in [2.75, 3.05) is 5.32 Å². The van der Waals surface area contributed by atoms with E-state index in [2.05, 4.69) is 27.9 Å². The Kier molecular flexibility index (Phi) is 4.71. The average molecular weight is 406 g/mol. The SMILES string of the molecule is Cc1c(I)cccc1NC(=O)c1cccc(Cl)c1Cl. The van der Waals surface area contributed by atoms with Crippen molar-refractivity contribution in [2.24, 2.45) is 0 Å². The van der Waals surface area contributed by atoms with E-state index in [4.69, 9.17) is 23.2 Å². The van der Waals surface area contributed by atoms with Gasteiger partial charge in [-0.1, -0.05) is 35.3 Å². The highest BCUT2D eigenvalue weighted by molar-refractivity contribution is 14.1. The lowest BCUT2D eigenvalue weighted by Gasteiger charge is -2.11. The fraction of sp³-hybridized carbons (Fsp3) is 0.0714. The third-order valence-corrected chi connectivity index (χ3v) is 4.70. The van der Waals surface area contributed by atoms with Crippen LogP contribution in [-0.2, 0) is 0 Å². The lowest BCUT2D eigenvalue weighted by Crippen LogP contribution is -2.13. The van der Waals surface area contributed by atoms with Crippen molar-refractivity contribution in [3.8, 4) is 0 Å². The van der Waals surface area contributed by atoms with Gasteiger partial charge in [0.2, 0.25) is 0 Å². The molecule has 0 unspecified atom stereocenters. The number of carbonyl (C=O) groups is 1. The van der Waals surface area contributed by atoms with Crippen LogP contribution in [0.25, 0.3) is 0 Å². The third kappa shape index (κ3) is 3.22. The second kappa shape index (κ2) is 6.11. The van der Waals surface area contributed by atoms with E-state index in [1.807, 2.05) is 25.1 Å². The number of hydrogen-bond acceptors (Lipinski definition) is 1. The number of halogens is 3. The predicted octanol–water partition coefficient (Wildman–Crippen LogP) is 5.16. The Hall–Kier alpha value is -0.780. The first-order valence-electron chi connectivity index (χ1n) is 5.51. The molecule has 2 rings (SSSR count). The van der Waals surface area contributed by atoms with Crippen LogP contribution in [0.1, 0.15) is 15.9 Å². The van der Waals surface area contributed by atoms with Gasteiger partial charge in [-0.25, -0.2) is 0 Å². The maximum absolute atomic E-state index is 12.2. The molecule has 5 heteroatoms. The van der Waals surface area contributed by atoms with Crippen molar-refractivity contribution in [3.63, 3.8) is 0 Å². The molecule has 1 amide bonds. The van der Waals surface area contributed by atoms with Crippen molar-refractivity contribution in [1.82, 2.24) is 0 Å². The molecule has 0 spiro atoms. The number of amides is 1. The molecule has 2 aromatic carbocycles. The molecule has 0 radical (unpaired) electrons. The highest BCUT2D eigenvalue weighted by Gasteiger charge is 2.13. The molecule has 0 saturated carbocycles. The van der Waals surface area contributed by atoms with Gasteiger partial charge in [-0.3, -0.25) is 4.79 Å². The van der Waals surface area contributed by atoms with Crippen LogP contribution >= 0.6 is 45.8 Å². The van der Waals surface area contributed by atoms with Gasteiger partial charge in [0.05, 0.1) is 15.6 Å². The van der Waals surface area contributed by atoms with Crippen LogP contribution in [0.2, 0.25) is 10.0 Å². The van der Waals surface area contributed by atoms with Gasteiger partial charge < -0.3 is 5.32 Å². The predicted molar refractivity (Wildman–Crippen MR) is 88.3 cm³/mol. The zero-order chi connectivity index (χ0) is 14.0. The largest absolute Gasteiger partial charge is 0.322 e. The van der Waals surface area contributed by atoms with Gasteiger partial charge in [0.15, 0.2) is 0 Å². The zero-order valence-electron chi connectivity index (χ0n) is 10.0. The fourth-order valence-electron chi connectivity index (χ4n) is 1.61. The summed E-state index contributed by atoms with van der Waals surface area (Å²) in [6, 6.07) is 10.7. The number of hydrogen-bond donors (Lipinski definition) is 1. The quantitative estimate of drug-likeness (QED) is 0.687. The third-order valence-electron chi connectivity index (χ3n) is 2.71. The summed E-state index contributed by atoms with van der Waals surface area (Å²) in [4.78, 5) is 12.2. The molecule has 19 heavy (non-hydrogen) atoms. The maximum Gasteiger partial charge on any atom is 0.257 e. The Labute approximate surface area is 135 Å². The van der Waals surface area contributed by atoms with Crippen LogP contribution in [0, 0.1) is 10.5 Å². The standard InChI is InChI=1S/C14H10Cl2INO/c1-8-11(17)6-3-7-12(8)18-14(19)9-4-2-5-10(15)13(9)16/h2-7H,1H3,(H,18,19). The number of rotatable bonds is 2. The van der Waals surface area contributed by atoms with Gasteiger partial charge >= 0.3 is 0 Å². The molecule has 0 saturated heterocycles. The van der Waals surface area contributed by atoms with Gasteiger partial charge in [0, 0.05) is 9.26 Å². The highest BCUT2D eigenvalue weighted by atomic mass is 127. The molecule has 0 fully saturated rings. The van der Waals surface area contributed by atoms with Gasteiger partial charge in [0.1, 0.15) is 0 Å². The molecule has 0 aliphatic carbocycles. The van der Waals surface area contributed by atoms with E-state index in [0.29, 0.717) is 10.6 Å². The van der Waals surface area contributed by atoms with Crippen LogP contribution < -0.4 is 5.32 Å². The Balaban J connectivity index is 2.31. The molecular formula is C14H10Cl2INO. The highest BCUT2D eigenvalue weighted by Crippen LogP contribution is 2.27. The van der Waals surface area contributed by atoms with Crippen LogP contribution in [0.15, 0.2) is 36.4 Å². The Bertz CT molecular complexity index is 643. The second-order valence-corrected chi connectivity index (χ2v) is 5.92. The zero-order valence-corrected chi connectivity index (χ0v) is 13.7. The molecule has 2 aromatic rings. The maximum atomic E-state index is 12.2. The van der Waals surface area contributed by atoms with E-state index in [1.54, 1.807) is 18.2 Å². The molecule has 0 atom stereocenters. The van der Waals surface area contributed by atoms with Gasteiger partial charge in [0.25, 0.3) is 5.91 Å².